The Hall–Kier alpha value is -3.22. The maximum absolute atomic E-state index is 13.5. The molecule has 0 fully saturated rings. The summed E-state index contributed by atoms with van der Waals surface area (Å²) < 4.78 is 4.60. The largest absolute Gasteiger partial charge is 0.469 e. The number of carbonyl (C=O) groups excluding carboxylic acids is 6. The summed E-state index contributed by atoms with van der Waals surface area (Å²) in [5.74, 6) is -3.01. The highest BCUT2D eigenvalue weighted by molar-refractivity contribution is 5.92. The molecule has 0 rings (SSSR count). The lowest BCUT2D eigenvalue weighted by Crippen LogP contribution is -2.58. The van der Waals surface area contributed by atoms with Crippen molar-refractivity contribution < 1.29 is 38.6 Å². The molecule has 6 atom stereocenters. The SMILES string of the molecule is CCC[C@H](NC(=O)[C@@H](NC(=O)CCCC(=O)OC)[C@@H](C)CC)C(=O)N[C@@H](CC(C)C)[C@@H](O)CC(=O)N[C@H](C(=O)NCC)C(C)C. The number of ether oxygens (including phenoxy) is 1. The summed E-state index contributed by atoms with van der Waals surface area (Å²) in [4.78, 5) is 76.0. The number of carbonyl (C=O) groups is 6. The summed E-state index contributed by atoms with van der Waals surface area (Å²) in [7, 11) is 1.27. The molecule has 45 heavy (non-hydrogen) atoms. The number of aliphatic hydroxyl groups is 1. The normalized spacial score (nSPS) is 15.2. The molecule has 0 saturated carbocycles. The monoisotopic (exact) mass is 641 g/mol. The highest BCUT2D eigenvalue weighted by Crippen LogP contribution is 2.14. The number of hydrogen-bond acceptors (Lipinski definition) is 8. The molecule has 0 saturated heterocycles. The smallest absolute Gasteiger partial charge is 0.305 e. The summed E-state index contributed by atoms with van der Waals surface area (Å²) in [6.07, 6.45) is 0.667. The van der Waals surface area contributed by atoms with Crippen LogP contribution in [-0.4, -0.2) is 84.5 Å². The van der Waals surface area contributed by atoms with Gasteiger partial charge < -0.3 is 36.4 Å². The number of aliphatic hydroxyl groups excluding tert-OH is 1. The van der Waals surface area contributed by atoms with Gasteiger partial charge in [-0.25, -0.2) is 0 Å². The fourth-order valence-electron chi connectivity index (χ4n) is 4.75. The van der Waals surface area contributed by atoms with Crippen LogP contribution in [0, 0.1) is 17.8 Å². The molecule has 260 valence electrons. The van der Waals surface area contributed by atoms with Gasteiger partial charge in [0.15, 0.2) is 0 Å². The van der Waals surface area contributed by atoms with Crippen LogP contribution >= 0.6 is 0 Å². The van der Waals surface area contributed by atoms with Crippen LogP contribution in [0.15, 0.2) is 0 Å². The Kier molecular flexibility index (Phi) is 20.7. The molecule has 0 aromatic rings. The van der Waals surface area contributed by atoms with Crippen molar-refractivity contribution in [2.24, 2.45) is 17.8 Å². The highest BCUT2D eigenvalue weighted by Gasteiger charge is 2.33. The molecule has 13 heteroatoms. The number of methoxy groups -OCH3 is 1. The van der Waals surface area contributed by atoms with Crippen molar-refractivity contribution in [2.45, 2.75) is 137 Å². The zero-order valence-corrected chi connectivity index (χ0v) is 28.8. The zero-order valence-electron chi connectivity index (χ0n) is 28.8. The first-order valence-electron chi connectivity index (χ1n) is 16.3. The highest BCUT2D eigenvalue weighted by atomic mass is 16.5. The van der Waals surface area contributed by atoms with Gasteiger partial charge in [-0.3, -0.25) is 28.8 Å². The van der Waals surface area contributed by atoms with Crippen molar-refractivity contribution in [2.75, 3.05) is 13.7 Å². The van der Waals surface area contributed by atoms with Crippen LogP contribution < -0.4 is 26.6 Å². The van der Waals surface area contributed by atoms with Crippen LogP contribution in [0.5, 0.6) is 0 Å². The fourth-order valence-corrected chi connectivity index (χ4v) is 4.75. The Bertz CT molecular complexity index is 958. The van der Waals surface area contributed by atoms with Gasteiger partial charge in [0.25, 0.3) is 0 Å². The summed E-state index contributed by atoms with van der Waals surface area (Å²) in [5.41, 5.74) is 0. The molecule has 13 nitrogen and oxygen atoms in total. The van der Waals surface area contributed by atoms with Crippen molar-refractivity contribution in [3.63, 3.8) is 0 Å². The maximum Gasteiger partial charge on any atom is 0.305 e. The lowest BCUT2D eigenvalue weighted by molar-refractivity contribution is -0.141. The molecule has 0 bridgehead atoms. The molecular weight excluding hydrogens is 582 g/mol. The second-order valence-corrected chi connectivity index (χ2v) is 12.4. The number of likely N-dealkylation sites (N-methyl/N-ethyl adjacent to an activating group) is 1. The van der Waals surface area contributed by atoms with Gasteiger partial charge in [0.2, 0.25) is 29.5 Å². The second-order valence-electron chi connectivity index (χ2n) is 12.4. The van der Waals surface area contributed by atoms with Gasteiger partial charge in [0, 0.05) is 19.4 Å². The minimum absolute atomic E-state index is 0.0394. The topological polar surface area (TPSA) is 192 Å². The van der Waals surface area contributed by atoms with Gasteiger partial charge in [0.05, 0.1) is 25.7 Å². The zero-order chi connectivity index (χ0) is 34.7. The fraction of sp³-hybridized carbons (Fsp3) is 0.812. The van der Waals surface area contributed by atoms with Gasteiger partial charge in [0.1, 0.15) is 18.1 Å². The molecule has 5 amide bonds. The minimum atomic E-state index is -1.24. The van der Waals surface area contributed by atoms with Crippen molar-refractivity contribution in [3.8, 4) is 0 Å². The minimum Gasteiger partial charge on any atom is -0.469 e. The molecule has 0 aliphatic heterocycles. The van der Waals surface area contributed by atoms with E-state index in [1.807, 2.05) is 48.5 Å². The third kappa shape index (κ3) is 16.6. The average molecular weight is 642 g/mol. The Morgan fingerprint density at radius 1 is 0.756 bits per heavy atom. The Morgan fingerprint density at radius 3 is 1.89 bits per heavy atom. The number of rotatable bonds is 22. The van der Waals surface area contributed by atoms with Crippen LogP contribution in [0.3, 0.4) is 0 Å². The lowest BCUT2D eigenvalue weighted by atomic mass is 9.95. The summed E-state index contributed by atoms with van der Waals surface area (Å²) in [6, 6.07) is -3.39. The van der Waals surface area contributed by atoms with Crippen molar-refractivity contribution in [3.05, 3.63) is 0 Å². The van der Waals surface area contributed by atoms with Gasteiger partial charge in [-0.2, -0.15) is 0 Å². The number of hydrogen-bond donors (Lipinski definition) is 6. The summed E-state index contributed by atoms with van der Waals surface area (Å²) in [6.45, 7) is 15.2. The molecule has 0 radical (unpaired) electrons. The Labute approximate surface area is 269 Å². The molecular formula is C32H59N5O8. The molecule has 0 aromatic heterocycles. The van der Waals surface area contributed by atoms with Gasteiger partial charge >= 0.3 is 5.97 Å². The molecule has 0 aliphatic rings. The second kappa shape index (κ2) is 22.3. The summed E-state index contributed by atoms with van der Waals surface area (Å²) in [5, 5.41) is 24.8. The first-order valence-corrected chi connectivity index (χ1v) is 16.3. The van der Waals surface area contributed by atoms with Gasteiger partial charge in [-0.15, -0.1) is 0 Å². The quantitative estimate of drug-likeness (QED) is 0.0962. The Balaban J connectivity index is 5.64. The van der Waals surface area contributed by atoms with Crippen LogP contribution in [0.2, 0.25) is 0 Å². The van der Waals surface area contributed by atoms with E-state index in [0.29, 0.717) is 32.2 Å². The summed E-state index contributed by atoms with van der Waals surface area (Å²) >= 11 is 0. The van der Waals surface area contributed by atoms with Crippen LogP contribution in [0.4, 0.5) is 0 Å². The van der Waals surface area contributed by atoms with E-state index in [4.69, 9.17) is 0 Å². The van der Waals surface area contributed by atoms with Crippen LogP contribution in [-0.2, 0) is 33.5 Å². The number of amides is 5. The first-order chi connectivity index (χ1) is 21.1. The predicted molar refractivity (Wildman–Crippen MR) is 172 cm³/mol. The molecule has 0 heterocycles. The van der Waals surface area contributed by atoms with Crippen molar-refractivity contribution >= 4 is 35.5 Å². The van der Waals surface area contributed by atoms with Crippen molar-refractivity contribution in [1.29, 1.82) is 0 Å². The first kappa shape index (κ1) is 41.8. The van der Waals surface area contributed by atoms with E-state index < -0.39 is 54.0 Å². The van der Waals surface area contributed by atoms with Gasteiger partial charge in [-0.05, 0) is 43.9 Å². The number of esters is 1. The third-order valence-electron chi connectivity index (χ3n) is 7.56. The van der Waals surface area contributed by atoms with E-state index in [-0.39, 0.29) is 55.3 Å². The van der Waals surface area contributed by atoms with E-state index in [1.165, 1.54) is 7.11 Å². The standard InChI is InChI=1S/C32H59N5O8/c1-10-14-22(34-32(44)29(21(8)11-2)36-25(39)15-13-16-27(41)45-9)30(42)35-23(17-19(4)5)24(38)18-26(40)37-28(20(6)7)31(43)33-12-3/h19-24,28-29,38H,10-18H2,1-9H3,(H,33,43)(H,34,44)(H,35,42)(H,36,39)(H,37,40)/t21-,22-,23-,24-,28-,29-/m0/s1. The van der Waals surface area contributed by atoms with Crippen LogP contribution in [0.25, 0.3) is 0 Å². The molecule has 0 unspecified atom stereocenters. The van der Waals surface area contributed by atoms with E-state index in [1.54, 1.807) is 6.92 Å². The van der Waals surface area contributed by atoms with Crippen molar-refractivity contribution in [1.82, 2.24) is 26.6 Å². The molecule has 6 N–H and O–H groups in total. The number of nitrogens with one attached hydrogen (secondary N) is 5. The van der Waals surface area contributed by atoms with E-state index in [2.05, 4.69) is 31.3 Å². The van der Waals surface area contributed by atoms with E-state index in [9.17, 15) is 33.9 Å². The van der Waals surface area contributed by atoms with E-state index >= 15 is 0 Å². The van der Waals surface area contributed by atoms with Crippen LogP contribution in [0.1, 0.15) is 107 Å². The maximum atomic E-state index is 13.5. The van der Waals surface area contributed by atoms with E-state index in [0.717, 1.165) is 0 Å². The van der Waals surface area contributed by atoms with Gasteiger partial charge in [-0.1, -0.05) is 61.3 Å². The molecule has 0 aromatic carbocycles. The Morgan fingerprint density at radius 2 is 1.38 bits per heavy atom. The molecule has 0 spiro atoms. The molecule has 0 aliphatic carbocycles. The lowest BCUT2D eigenvalue weighted by Gasteiger charge is -2.30. The predicted octanol–water partition coefficient (Wildman–Crippen LogP) is 1.70. The average Bonchev–Trinajstić information content (AvgIpc) is 2.96. The third-order valence-corrected chi connectivity index (χ3v) is 7.56.